The van der Waals surface area contributed by atoms with Gasteiger partial charge in [-0.3, -0.25) is 9.78 Å². The van der Waals surface area contributed by atoms with E-state index < -0.39 is 0 Å². The Morgan fingerprint density at radius 3 is 2.77 bits per heavy atom. The fourth-order valence-corrected chi connectivity index (χ4v) is 5.03. The van der Waals surface area contributed by atoms with Crippen LogP contribution in [0.2, 0.25) is 0 Å². The number of hydrogen-bond acceptors (Lipinski definition) is 5. The second-order valence-corrected chi connectivity index (χ2v) is 7.80. The normalized spacial score (nSPS) is 13.4. The van der Waals surface area contributed by atoms with Crippen molar-refractivity contribution in [3.63, 3.8) is 0 Å². The van der Waals surface area contributed by atoms with E-state index in [-0.39, 0.29) is 5.56 Å². The first kappa shape index (κ1) is 15.7. The van der Waals surface area contributed by atoms with Crippen LogP contribution < -0.4 is 10.3 Å². The predicted octanol–water partition coefficient (Wildman–Crippen LogP) is 4.36. The van der Waals surface area contributed by atoms with Gasteiger partial charge in [-0.1, -0.05) is 12.1 Å². The summed E-state index contributed by atoms with van der Waals surface area (Å²) in [5.74, 6) is 0.821. The van der Waals surface area contributed by atoms with Crippen molar-refractivity contribution in [1.29, 1.82) is 0 Å². The Morgan fingerprint density at radius 1 is 1.19 bits per heavy atom. The number of ether oxygens (including phenoxy) is 1. The van der Waals surface area contributed by atoms with Gasteiger partial charge in [0.1, 0.15) is 15.3 Å². The van der Waals surface area contributed by atoms with Gasteiger partial charge in [-0.2, -0.15) is 0 Å². The van der Waals surface area contributed by atoms with E-state index in [1.165, 1.54) is 16.9 Å². The highest BCUT2D eigenvalue weighted by molar-refractivity contribution is 7.71. The van der Waals surface area contributed by atoms with Crippen molar-refractivity contribution in [1.82, 2.24) is 15.0 Å². The van der Waals surface area contributed by atoms with Crippen LogP contribution >= 0.6 is 23.6 Å². The molecule has 7 heteroatoms. The second-order valence-electron chi connectivity index (χ2n) is 6.39. The Hall–Kier alpha value is -2.51. The fourth-order valence-electron chi connectivity index (χ4n) is 3.78. The van der Waals surface area contributed by atoms with Gasteiger partial charge in [0.2, 0.25) is 0 Å². The van der Waals surface area contributed by atoms with E-state index >= 15 is 0 Å². The maximum absolute atomic E-state index is 12.4. The molecule has 0 aliphatic heterocycles. The minimum Gasteiger partial charge on any atom is -0.497 e. The molecule has 0 radical (unpaired) electrons. The standard InChI is InChI=1S/C19H15N3O2S2/c1-24-10-7-5-9(6-8-10)13-11-3-2-4-12(11)20-18-14(13)15-16(26-18)17(23)22-19(25)21-15/h5-8H,2-4H2,1H3,(H2,21,22,23,25). The lowest BCUT2D eigenvalue weighted by Crippen LogP contribution is -2.05. The zero-order chi connectivity index (χ0) is 17.8. The van der Waals surface area contributed by atoms with Gasteiger partial charge in [-0.05, 0) is 60.3 Å². The SMILES string of the molecule is COc1ccc(-c2c3c(nc4sc5c(=O)[nH]c(=S)[nH]c5c24)CCC3)cc1. The zero-order valence-electron chi connectivity index (χ0n) is 14.0. The molecule has 0 saturated heterocycles. The van der Waals surface area contributed by atoms with Crippen LogP contribution in [0.3, 0.4) is 0 Å². The number of fused-ring (bicyclic) bond motifs is 4. The van der Waals surface area contributed by atoms with Crippen LogP contribution in [-0.2, 0) is 12.8 Å². The maximum atomic E-state index is 12.4. The number of methoxy groups -OCH3 is 1. The number of aryl methyl sites for hydroxylation is 1. The minimum atomic E-state index is -0.160. The van der Waals surface area contributed by atoms with Gasteiger partial charge in [-0.15, -0.1) is 11.3 Å². The summed E-state index contributed by atoms with van der Waals surface area (Å²) in [5, 5.41) is 0.994. The van der Waals surface area contributed by atoms with Crippen molar-refractivity contribution in [2.24, 2.45) is 0 Å². The summed E-state index contributed by atoms with van der Waals surface area (Å²) in [6.07, 6.45) is 3.09. The quantitative estimate of drug-likeness (QED) is 0.506. The number of aromatic amines is 2. The first-order valence-electron chi connectivity index (χ1n) is 8.40. The third-order valence-corrected chi connectivity index (χ3v) is 6.20. The molecular formula is C19H15N3O2S2. The monoisotopic (exact) mass is 381 g/mol. The average Bonchev–Trinajstić information content (AvgIpc) is 3.24. The molecule has 0 amide bonds. The summed E-state index contributed by atoms with van der Waals surface area (Å²) in [6, 6.07) is 8.06. The largest absolute Gasteiger partial charge is 0.497 e. The predicted molar refractivity (Wildman–Crippen MR) is 107 cm³/mol. The minimum absolute atomic E-state index is 0.160. The summed E-state index contributed by atoms with van der Waals surface area (Å²) in [7, 11) is 1.66. The smallest absolute Gasteiger partial charge is 0.269 e. The Kier molecular flexibility index (Phi) is 3.48. The van der Waals surface area contributed by atoms with E-state index in [9.17, 15) is 4.79 Å². The van der Waals surface area contributed by atoms with Crippen LogP contribution in [0.25, 0.3) is 31.6 Å². The van der Waals surface area contributed by atoms with Crippen LogP contribution in [0.15, 0.2) is 29.1 Å². The molecule has 3 heterocycles. The number of benzene rings is 1. The van der Waals surface area contributed by atoms with E-state index in [0.29, 0.717) is 9.47 Å². The van der Waals surface area contributed by atoms with Crippen molar-refractivity contribution < 1.29 is 4.74 Å². The third kappa shape index (κ3) is 2.24. The number of nitrogens with zero attached hydrogens (tertiary/aromatic N) is 1. The molecule has 2 N–H and O–H groups in total. The van der Waals surface area contributed by atoms with E-state index in [2.05, 4.69) is 22.1 Å². The molecule has 1 aromatic carbocycles. The summed E-state index contributed by atoms with van der Waals surface area (Å²) in [6.45, 7) is 0. The molecule has 4 aromatic rings. The van der Waals surface area contributed by atoms with Crippen molar-refractivity contribution >= 4 is 44.0 Å². The summed E-state index contributed by atoms with van der Waals surface area (Å²) in [4.78, 5) is 24.0. The first-order valence-corrected chi connectivity index (χ1v) is 9.63. The Labute approximate surface area is 157 Å². The van der Waals surface area contributed by atoms with E-state index in [0.717, 1.165) is 57.6 Å². The van der Waals surface area contributed by atoms with Crippen LogP contribution in [0.5, 0.6) is 5.75 Å². The molecule has 1 aliphatic carbocycles. The highest BCUT2D eigenvalue weighted by atomic mass is 32.1. The van der Waals surface area contributed by atoms with E-state index in [1.807, 2.05) is 12.1 Å². The van der Waals surface area contributed by atoms with Crippen LogP contribution in [0.4, 0.5) is 0 Å². The van der Waals surface area contributed by atoms with Crippen molar-refractivity contribution in [3.8, 4) is 16.9 Å². The van der Waals surface area contributed by atoms with E-state index in [1.54, 1.807) is 7.11 Å². The molecule has 0 fully saturated rings. The second kappa shape index (κ2) is 5.75. The van der Waals surface area contributed by atoms with Crippen LogP contribution in [-0.4, -0.2) is 22.1 Å². The number of H-pyrrole nitrogens is 2. The van der Waals surface area contributed by atoms with Gasteiger partial charge >= 0.3 is 0 Å². The number of aromatic nitrogens is 3. The highest BCUT2D eigenvalue weighted by Gasteiger charge is 2.24. The number of rotatable bonds is 2. The number of hydrogen-bond donors (Lipinski definition) is 2. The summed E-state index contributed by atoms with van der Waals surface area (Å²) in [5.41, 5.74) is 5.31. The van der Waals surface area contributed by atoms with Crippen molar-refractivity contribution in [3.05, 3.63) is 50.6 Å². The van der Waals surface area contributed by atoms with Crippen LogP contribution in [0.1, 0.15) is 17.7 Å². The number of pyridine rings is 1. The molecule has 130 valence electrons. The van der Waals surface area contributed by atoms with Crippen molar-refractivity contribution in [2.75, 3.05) is 7.11 Å². The molecule has 5 nitrogen and oxygen atoms in total. The maximum Gasteiger partial charge on any atom is 0.269 e. The van der Waals surface area contributed by atoms with Gasteiger partial charge in [0, 0.05) is 11.1 Å². The number of nitrogens with one attached hydrogen (secondary N) is 2. The van der Waals surface area contributed by atoms with Gasteiger partial charge in [0.25, 0.3) is 5.56 Å². The Morgan fingerprint density at radius 2 is 2.00 bits per heavy atom. The van der Waals surface area contributed by atoms with Gasteiger partial charge < -0.3 is 9.72 Å². The topological polar surface area (TPSA) is 70.8 Å². The lowest BCUT2D eigenvalue weighted by molar-refractivity contribution is 0.415. The summed E-state index contributed by atoms with van der Waals surface area (Å²) < 4.78 is 6.27. The molecule has 0 atom stereocenters. The summed E-state index contributed by atoms with van der Waals surface area (Å²) >= 11 is 6.63. The fraction of sp³-hybridized carbons (Fsp3) is 0.211. The lowest BCUT2D eigenvalue weighted by Gasteiger charge is -2.11. The number of thiophene rings is 1. The Balaban J connectivity index is 1.96. The average molecular weight is 381 g/mol. The molecule has 0 unspecified atom stereocenters. The molecule has 0 bridgehead atoms. The molecule has 0 saturated carbocycles. The third-order valence-electron chi connectivity index (χ3n) is 4.92. The van der Waals surface area contributed by atoms with Gasteiger partial charge in [0.05, 0.1) is 12.6 Å². The molecule has 3 aromatic heterocycles. The Bertz CT molecular complexity index is 1280. The zero-order valence-corrected chi connectivity index (χ0v) is 15.6. The van der Waals surface area contributed by atoms with Crippen molar-refractivity contribution in [2.45, 2.75) is 19.3 Å². The molecule has 1 aliphatic rings. The van der Waals surface area contributed by atoms with E-state index in [4.69, 9.17) is 21.9 Å². The molecule has 5 rings (SSSR count). The molecule has 0 spiro atoms. The molecule has 26 heavy (non-hydrogen) atoms. The lowest BCUT2D eigenvalue weighted by atomic mass is 9.96. The van der Waals surface area contributed by atoms with Gasteiger partial charge in [0.15, 0.2) is 4.77 Å². The highest BCUT2D eigenvalue weighted by Crippen LogP contribution is 2.42. The molecular weight excluding hydrogens is 366 g/mol. The first-order chi connectivity index (χ1) is 12.7. The van der Waals surface area contributed by atoms with Crippen LogP contribution in [0, 0.1) is 4.77 Å². The van der Waals surface area contributed by atoms with Gasteiger partial charge in [-0.25, -0.2) is 4.98 Å².